The van der Waals surface area contributed by atoms with Crippen LogP contribution in [0.1, 0.15) is 35.0 Å². The van der Waals surface area contributed by atoms with Crippen molar-refractivity contribution in [1.82, 2.24) is 9.78 Å². The molecule has 1 heterocycles. The van der Waals surface area contributed by atoms with Crippen molar-refractivity contribution >= 4 is 11.6 Å². The Morgan fingerprint density at radius 1 is 1.04 bits per heavy atom. The molecule has 0 fully saturated rings. The summed E-state index contributed by atoms with van der Waals surface area (Å²) in [4.78, 5) is 12.1. The van der Waals surface area contributed by atoms with Gasteiger partial charge in [0.05, 0.1) is 5.69 Å². The lowest BCUT2D eigenvalue weighted by Crippen LogP contribution is -2.20. The molecule has 0 aliphatic rings. The van der Waals surface area contributed by atoms with E-state index in [4.69, 9.17) is 4.74 Å². The van der Waals surface area contributed by atoms with Crippen molar-refractivity contribution in [2.24, 2.45) is 7.05 Å². The van der Waals surface area contributed by atoms with Crippen molar-refractivity contribution in [2.45, 2.75) is 33.6 Å². The van der Waals surface area contributed by atoms with Gasteiger partial charge in [-0.05, 0) is 55.7 Å². The SMILES string of the molecule is CCc1ccc(OCC(=O)Nc2ccc(Cc3c(C)nn(C)c3C)cc2)cc1. The summed E-state index contributed by atoms with van der Waals surface area (Å²) >= 11 is 0. The summed E-state index contributed by atoms with van der Waals surface area (Å²) in [5.41, 5.74) is 6.68. The highest BCUT2D eigenvalue weighted by molar-refractivity contribution is 5.91. The van der Waals surface area contributed by atoms with E-state index in [0.29, 0.717) is 5.75 Å². The fraction of sp³-hybridized carbons (Fsp3) is 0.304. The molecule has 0 spiro atoms. The van der Waals surface area contributed by atoms with Crippen LogP contribution in [0.4, 0.5) is 5.69 Å². The van der Waals surface area contributed by atoms with Crippen LogP contribution >= 0.6 is 0 Å². The monoisotopic (exact) mass is 377 g/mol. The van der Waals surface area contributed by atoms with Crippen LogP contribution in [-0.4, -0.2) is 22.3 Å². The van der Waals surface area contributed by atoms with Crippen molar-refractivity contribution in [3.05, 3.63) is 76.6 Å². The number of carbonyl (C=O) groups is 1. The summed E-state index contributed by atoms with van der Waals surface area (Å²) in [5, 5.41) is 7.34. The molecular weight excluding hydrogens is 350 g/mol. The van der Waals surface area contributed by atoms with Crippen LogP contribution in [0.15, 0.2) is 48.5 Å². The molecule has 2 aromatic carbocycles. The predicted molar refractivity (Wildman–Crippen MR) is 112 cm³/mol. The number of aromatic nitrogens is 2. The number of carbonyl (C=O) groups excluding carboxylic acids is 1. The minimum Gasteiger partial charge on any atom is -0.484 e. The van der Waals surface area contributed by atoms with Gasteiger partial charge in [-0.25, -0.2) is 0 Å². The Morgan fingerprint density at radius 2 is 1.68 bits per heavy atom. The molecule has 146 valence electrons. The van der Waals surface area contributed by atoms with Crippen LogP contribution in [0.3, 0.4) is 0 Å². The molecule has 1 amide bonds. The lowest BCUT2D eigenvalue weighted by Gasteiger charge is -2.09. The lowest BCUT2D eigenvalue weighted by atomic mass is 10.0. The number of nitrogens with one attached hydrogen (secondary N) is 1. The highest BCUT2D eigenvalue weighted by atomic mass is 16.5. The Hall–Kier alpha value is -3.08. The van der Waals surface area contributed by atoms with Crippen LogP contribution in [0.25, 0.3) is 0 Å². The molecule has 0 bridgehead atoms. The molecule has 0 saturated heterocycles. The van der Waals surface area contributed by atoms with E-state index in [-0.39, 0.29) is 12.5 Å². The molecule has 0 radical (unpaired) electrons. The molecule has 3 aromatic rings. The van der Waals surface area contributed by atoms with Gasteiger partial charge in [0.1, 0.15) is 5.75 Å². The van der Waals surface area contributed by atoms with E-state index in [1.54, 1.807) is 0 Å². The van der Waals surface area contributed by atoms with E-state index >= 15 is 0 Å². The highest BCUT2D eigenvalue weighted by Gasteiger charge is 2.10. The summed E-state index contributed by atoms with van der Waals surface area (Å²) in [6.45, 7) is 6.21. The third-order valence-electron chi connectivity index (χ3n) is 4.98. The summed E-state index contributed by atoms with van der Waals surface area (Å²) in [5.74, 6) is 0.524. The summed E-state index contributed by atoms with van der Waals surface area (Å²) in [6, 6.07) is 15.7. The van der Waals surface area contributed by atoms with Crippen LogP contribution in [0.2, 0.25) is 0 Å². The van der Waals surface area contributed by atoms with Gasteiger partial charge < -0.3 is 10.1 Å². The van der Waals surface area contributed by atoms with Gasteiger partial charge in [0, 0.05) is 30.4 Å². The first-order valence-corrected chi connectivity index (χ1v) is 9.56. The second-order valence-electron chi connectivity index (χ2n) is 6.98. The third-order valence-corrected chi connectivity index (χ3v) is 4.98. The second kappa shape index (κ2) is 8.74. The van der Waals surface area contributed by atoms with Gasteiger partial charge >= 0.3 is 0 Å². The second-order valence-corrected chi connectivity index (χ2v) is 6.98. The number of hydrogen-bond acceptors (Lipinski definition) is 3. The Balaban J connectivity index is 1.53. The van der Waals surface area contributed by atoms with E-state index in [9.17, 15) is 4.79 Å². The van der Waals surface area contributed by atoms with Crippen molar-refractivity contribution in [2.75, 3.05) is 11.9 Å². The van der Waals surface area contributed by atoms with Crippen molar-refractivity contribution in [1.29, 1.82) is 0 Å². The molecule has 28 heavy (non-hydrogen) atoms. The smallest absolute Gasteiger partial charge is 0.262 e. The number of rotatable bonds is 7. The van der Waals surface area contributed by atoms with Crippen LogP contribution in [0, 0.1) is 13.8 Å². The van der Waals surface area contributed by atoms with Crippen LogP contribution < -0.4 is 10.1 Å². The van der Waals surface area contributed by atoms with Gasteiger partial charge in [-0.15, -0.1) is 0 Å². The molecule has 3 rings (SSSR count). The zero-order chi connectivity index (χ0) is 20.1. The van der Waals surface area contributed by atoms with E-state index in [1.807, 2.05) is 67.2 Å². The largest absolute Gasteiger partial charge is 0.484 e. The number of nitrogens with zero attached hydrogens (tertiary/aromatic N) is 2. The van der Waals surface area contributed by atoms with E-state index < -0.39 is 0 Å². The van der Waals surface area contributed by atoms with Gasteiger partial charge in [-0.3, -0.25) is 9.48 Å². The molecule has 0 saturated carbocycles. The lowest BCUT2D eigenvalue weighted by molar-refractivity contribution is -0.118. The first-order chi connectivity index (χ1) is 13.5. The zero-order valence-corrected chi connectivity index (χ0v) is 17.0. The predicted octanol–water partition coefficient (Wildman–Crippen LogP) is 4.21. The first kappa shape index (κ1) is 19.7. The average Bonchev–Trinajstić information content (AvgIpc) is 2.94. The maximum absolute atomic E-state index is 12.1. The molecule has 0 aliphatic heterocycles. The molecular formula is C23H27N3O2. The van der Waals surface area contributed by atoms with Gasteiger partial charge in [0.25, 0.3) is 5.91 Å². The van der Waals surface area contributed by atoms with Crippen LogP contribution in [0.5, 0.6) is 5.75 Å². The first-order valence-electron chi connectivity index (χ1n) is 9.56. The van der Waals surface area contributed by atoms with E-state index in [1.165, 1.54) is 22.4 Å². The minimum absolute atomic E-state index is 0.0126. The van der Waals surface area contributed by atoms with E-state index in [0.717, 1.165) is 24.2 Å². The average molecular weight is 377 g/mol. The normalized spacial score (nSPS) is 10.7. The Morgan fingerprint density at radius 3 is 2.25 bits per heavy atom. The Kier molecular flexibility index (Phi) is 6.14. The molecule has 0 unspecified atom stereocenters. The molecule has 0 atom stereocenters. The quantitative estimate of drug-likeness (QED) is 0.671. The summed E-state index contributed by atoms with van der Waals surface area (Å²) < 4.78 is 7.46. The number of anilines is 1. The number of hydrogen-bond donors (Lipinski definition) is 1. The molecule has 5 nitrogen and oxygen atoms in total. The van der Waals surface area contributed by atoms with Gasteiger partial charge in [0.2, 0.25) is 0 Å². The van der Waals surface area contributed by atoms with Gasteiger partial charge in [-0.2, -0.15) is 5.10 Å². The summed E-state index contributed by atoms with van der Waals surface area (Å²) in [7, 11) is 1.96. The molecule has 5 heteroatoms. The van der Waals surface area contributed by atoms with E-state index in [2.05, 4.69) is 24.3 Å². The fourth-order valence-corrected chi connectivity index (χ4v) is 3.15. The van der Waals surface area contributed by atoms with Gasteiger partial charge in [-0.1, -0.05) is 31.2 Å². The standard InChI is InChI=1S/C23H27N3O2/c1-5-18-8-12-21(13-9-18)28-15-23(27)24-20-10-6-19(7-11-20)14-22-16(2)25-26(4)17(22)3/h6-13H,5,14-15H2,1-4H3,(H,24,27). The summed E-state index contributed by atoms with van der Waals surface area (Å²) in [6.07, 6.45) is 1.81. The maximum atomic E-state index is 12.1. The Bertz CT molecular complexity index is 941. The zero-order valence-electron chi connectivity index (χ0n) is 17.0. The van der Waals surface area contributed by atoms with Gasteiger partial charge in [0.15, 0.2) is 6.61 Å². The maximum Gasteiger partial charge on any atom is 0.262 e. The Labute approximate surface area is 166 Å². The van der Waals surface area contributed by atoms with Crippen LogP contribution in [-0.2, 0) is 24.7 Å². The number of aryl methyl sites for hydroxylation is 3. The molecule has 1 N–H and O–H groups in total. The van der Waals surface area contributed by atoms with Crippen molar-refractivity contribution in [3.8, 4) is 5.75 Å². The number of ether oxygens (including phenoxy) is 1. The molecule has 0 aliphatic carbocycles. The van der Waals surface area contributed by atoms with Crippen molar-refractivity contribution < 1.29 is 9.53 Å². The third kappa shape index (κ3) is 4.80. The minimum atomic E-state index is -0.175. The van der Waals surface area contributed by atoms with Crippen molar-refractivity contribution in [3.63, 3.8) is 0 Å². The number of amides is 1. The number of benzene rings is 2. The topological polar surface area (TPSA) is 56.1 Å². The molecule has 1 aromatic heterocycles. The fourth-order valence-electron chi connectivity index (χ4n) is 3.15. The highest BCUT2D eigenvalue weighted by Crippen LogP contribution is 2.19.